The molecule has 2 saturated carbocycles. The van der Waals surface area contributed by atoms with Crippen molar-refractivity contribution in [2.45, 2.75) is 45.1 Å². The molecule has 2 fully saturated rings. The lowest BCUT2D eigenvalue weighted by molar-refractivity contribution is -0.124. The van der Waals surface area contributed by atoms with Crippen LogP contribution in [0, 0.1) is 16.1 Å². The van der Waals surface area contributed by atoms with Gasteiger partial charge in [-0.1, -0.05) is 12.5 Å². The van der Waals surface area contributed by atoms with Gasteiger partial charge in [0.25, 0.3) is 0 Å². The molecule has 2 aliphatic carbocycles. The maximum Gasteiger partial charge on any atom is 0.242 e. The van der Waals surface area contributed by atoms with Crippen molar-refractivity contribution in [2.24, 2.45) is 11.3 Å². The predicted octanol–water partition coefficient (Wildman–Crippen LogP) is 3.93. The Morgan fingerprint density at radius 2 is 2.38 bits per heavy atom. The van der Waals surface area contributed by atoms with Crippen molar-refractivity contribution in [1.29, 1.82) is 0 Å². The third-order valence-electron chi connectivity index (χ3n) is 5.62. The third kappa shape index (κ3) is 2.73. The first-order chi connectivity index (χ1) is 11.6. The molecule has 0 saturated heterocycles. The van der Waals surface area contributed by atoms with Gasteiger partial charge in [-0.3, -0.25) is 14.5 Å². The van der Waals surface area contributed by atoms with E-state index in [9.17, 15) is 4.79 Å². The zero-order valence-electron chi connectivity index (χ0n) is 13.7. The summed E-state index contributed by atoms with van der Waals surface area (Å²) in [6, 6.07) is 3.60. The van der Waals surface area contributed by atoms with E-state index in [1.54, 1.807) is 11.3 Å². The van der Waals surface area contributed by atoms with Gasteiger partial charge in [0.2, 0.25) is 5.91 Å². The van der Waals surface area contributed by atoms with Crippen LogP contribution in [0.25, 0.3) is 10.7 Å². The molecule has 2 aliphatic rings. The van der Waals surface area contributed by atoms with E-state index >= 15 is 0 Å². The van der Waals surface area contributed by atoms with Crippen LogP contribution in [0.15, 0.2) is 17.5 Å². The molecular weight excluding hydrogens is 340 g/mol. The monoisotopic (exact) mass is 362 g/mol. The molecule has 2 aromatic rings. The Kier molecular flexibility index (Phi) is 4.08. The van der Waals surface area contributed by atoms with E-state index in [0.29, 0.717) is 10.2 Å². The van der Waals surface area contributed by atoms with E-state index in [4.69, 9.17) is 12.2 Å². The quantitative estimate of drug-likeness (QED) is 0.766. The average Bonchev–Trinajstić information content (AvgIpc) is 3.09. The number of carbonyl (C=O) groups excluding carboxylic acids is 1. The van der Waals surface area contributed by atoms with Crippen molar-refractivity contribution in [2.75, 3.05) is 6.54 Å². The zero-order valence-corrected chi connectivity index (χ0v) is 15.4. The lowest BCUT2D eigenvalue weighted by atomic mass is 9.65. The summed E-state index contributed by atoms with van der Waals surface area (Å²) in [5.74, 6) is 1.59. The van der Waals surface area contributed by atoms with E-state index in [1.165, 1.54) is 32.1 Å². The van der Waals surface area contributed by atoms with Gasteiger partial charge in [0, 0.05) is 6.54 Å². The molecule has 5 nitrogen and oxygen atoms in total. The Balaban J connectivity index is 1.49. The zero-order chi connectivity index (χ0) is 16.7. The molecule has 0 aliphatic heterocycles. The highest BCUT2D eigenvalue weighted by Gasteiger charge is 2.49. The summed E-state index contributed by atoms with van der Waals surface area (Å²) < 4.78 is 2.31. The summed E-state index contributed by atoms with van der Waals surface area (Å²) in [7, 11) is 0. The van der Waals surface area contributed by atoms with E-state index in [1.807, 2.05) is 29.0 Å². The number of rotatable bonds is 6. The van der Waals surface area contributed by atoms with Crippen molar-refractivity contribution >= 4 is 29.5 Å². The summed E-state index contributed by atoms with van der Waals surface area (Å²) in [6.07, 6.45) is 6.49. The van der Waals surface area contributed by atoms with Crippen LogP contribution < -0.4 is 5.32 Å². The number of thiophene rings is 1. The van der Waals surface area contributed by atoms with Crippen LogP contribution in [0.3, 0.4) is 0 Å². The number of H-pyrrole nitrogens is 1. The molecule has 2 N–H and O–H groups in total. The minimum atomic E-state index is -0.371. The molecule has 24 heavy (non-hydrogen) atoms. The maximum absolute atomic E-state index is 12.7. The van der Waals surface area contributed by atoms with Crippen LogP contribution in [0.5, 0.6) is 0 Å². The van der Waals surface area contributed by atoms with Crippen LogP contribution >= 0.6 is 23.6 Å². The first-order valence-corrected chi connectivity index (χ1v) is 9.88. The fraction of sp³-hybridized carbons (Fsp3) is 0.588. The lowest BCUT2D eigenvalue weighted by Gasteiger charge is -2.42. The van der Waals surface area contributed by atoms with Crippen LogP contribution in [0.2, 0.25) is 0 Å². The van der Waals surface area contributed by atoms with Crippen LogP contribution in [0.1, 0.15) is 45.1 Å². The van der Waals surface area contributed by atoms with Gasteiger partial charge in [-0.05, 0) is 67.6 Å². The molecule has 0 bridgehead atoms. The molecule has 128 valence electrons. The third-order valence-corrected chi connectivity index (χ3v) is 6.77. The molecular formula is C17H22N4OS2. The van der Waals surface area contributed by atoms with Gasteiger partial charge in [-0.25, -0.2) is 0 Å². The molecule has 7 heteroatoms. The Morgan fingerprint density at radius 3 is 2.96 bits per heavy atom. The van der Waals surface area contributed by atoms with Gasteiger partial charge in [0.1, 0.15) is 6.04 Å². The van der Waals surface area contributed by atoms with E-state index in [-0.39, 0.29) is 11.9 Å². The molecule has 0 spiro atoms. The Hall–Kier alpha value is -1.47. The molecule has 2 heterocycles. The van der Waals surface area contributed by atoms with E-state index < -0.39 is 0 Å². The number of aromatic nitrogens is 3. The molecule has 0 aromatic carbocycles. The van der Waals surface area contributed by atoms with Crippen molar-refractivity contribution in [3.05, 3.63) is 22.3 Å². The minimum Gasteiger partial charge on any atom is -0.354 e. The Morgan fingerprint density at radius 1 is 1.58 bits per heavy atom. The summed E-state index contributed by atoms with van der Waals surface area (Å²) in [4.78, 5) is 13.7. The topological polar surface area (TPSA) is 62.7 Å². The summed E-state index contributed by atoms with van der Waals surface area (Å²) in [5.41, 5.74) is 0.379. The fourth-order valence-corrected chi connectivity index (χ4v) is 4.83. The SMILES string of the molecule is CC(C(=O)NCC1(C2CC2)CCC1)n1c(-c2cccs2)n[nH]c1=S. The van der Waals surface area contributed by atoms with Crippen LogP contribution in [-0.2, 0) is 4.79 Å². The van der Waals surface area contributed by atoms with Gasteiger partial charge < -0.3 is 5.32 Å². The largest absolute Gasteiger partial charge is 0.354 e. The molecule has 4 rings (SSSR count). The smallest absolute Gasteiger partial charge is 0.242 e. The van der Waals surface area contributed by atoms with Crippen LogP contribution in [0.4, 0.5) is 0 Å². The summed E-state index contributed by atoms with van der Waals surface area (Å²) in [6.45, 7) is 2.70. The lowest BCUT2D eigenvalue weighted by Crippen LogP contribution is -2.45. The number of carbonyl (C=O) groups is 1. The second-order valence-corrected chi connectivity index (χ2v) is 8.42. The van der Waals surface area contributed by atoms with Gasteiger partial charge in [0.05, 0.1) is 4.88 Å². The molecule has 1 amide bonds. The van der Waals surface area contributed by atoms with E-state index in [0.717, 1.165) is 23.2 Å². The number of nitrogens with one attached hydrogen (secondary N) is 2. The average molecular weight is 363 g/mol. The molecule has 0 radical (unpaired) electrons. The van der Waals surface area contributed by atoms with Gasteiger partial charge in [-0.15, -0.1) is 11.3 Å². The summed E-state index contributed by atoms with van der Waals surface area (Å²) in [5, 5.41) is 12.3. The second-order valence-electron chi connectivity index (χ2n) is 7.08. The molecule has 2 aromatic heterocycles. The molecule has 1 unspecified atom stereocenters. The van der Waals surface area contributed by atoms with Gasteiger partial charge >= 0.3 is 0 Å². The highest BCUT2D eigenvalue weighted by Crippen LogP contribution is 2.56. The van der Waals surface area contributed by atoms with Crippen molar-refractivity contribution in [1.82, 2.24) is 20.1 Å². The van der Waals surface area contributed by atoms with Crippen molar-refractivity contribution in [3.8, 4) is 10.7 Å². The Labute approximate surface area is 150 Å². The van der Waals surface area contributed by atoms with Crippen LogP contribution in [-0.4, -0.2) is 27.2 Å². The fourth-order valence-electron chi connectivity index (χ4n) is 3.83. The number of amides is 1. The first kappa shape index (κ1) is 16.0. The number of aromatic amines is 1. The standard InChI is InChI=1S/C17H22N4OS2/c1-11(15(22)18-10-17(7-3-8-17)12-5-6-12)21-14(19-20-16(21)23)13-4-2-9-24-13/h2,4,9,11-12H,3,5-8,10H2,1H3,(H,18,22)(H,20,23). The number of hydrogen-bond acceptors (Lipinski definition) is 4. The van der Waals surface area contributed by atoms with Crippen molar-refractivity contribution in [3.63, 3.8) is 0 Å². The highest BCUT2D eigenvalue weighted by molar-refractivity contribution is 7.71. The number of hydrogen-bond donors (Lipinski definition) is 2. The van der Waals surface area contributed by atoms with E-state index in [2.05, 4.69) is 15.5 Å². The molecule has 1 atom stereocenters. The number of nitrogens with zero attached hydrogens (tertiary/aromatic N) is 2. The highest BCUT2D eigenvalue weighted by atomic mass is 32.1. The maximum atomic E-state index is 12.7. The minimum absolute atomic E-state index is 0.0252. The van der Waals surface area contributed by atoms with Crippen molar-refractivity contribution < 1.29 is 4.79 Å². The first-order valence-electron chi connectivity index (χ1n) is 8.59. The predicted molar refractivity (Wildman–Crippen MR) is 97.5 cm³/mol. The van der Waals surface area contributed by atoms with Gasteiger partial charge in [0.15, 0.2) is 10.6 Å². The van der Waals surface area contributed by atoms with Gasteiger partial charge in [-0.2, -0.15) is 5.10 Å². The summed E-state index contributed by atoms with van der Waals surface area (Å²) >= 11 is 6.95. The second kappa shape index (κ2) is 6.11. The normalized spacial score (nSPS) is 20.4. The Bertz CT molecular complexity index is 784.